The molecule has 0 spiro atoms. The molecule has 0 atom stereocenters. The SMILES string of the molecule is O=S(=O)(c1cc(-c2nnc(C3CCCC3)o2)co1)N1CCN(c2ccccc2F)CC1. The molecule has 1 aromatic carbocycles. The van der Waals surface area contributed by atoms with Crippen LogP contribution in [0.4, 0.5) is 10.1 Å². The van der Waals surface area contributed by atoms with Gasteiger partial charge in [-0.3, -0.25) is 0 Å². The molecule has 3 aromatic rings. The molecule has 2 aromatic heterocycles. The van der Waals surface area contributed by atoms with Crippen molar-refractivity contribution in [2.45, 2.75) is 36.7 Å². The third-order valence-corrected chi connectivity index (χ3v) is 7.76. The number of para-hydroxylation sites is 1. The number of sulfonamides is 1. The van der Waals surface area contributed by atoms with E-state index in [9.17, 15) is 12.8 Å². The zero-order valence-corrected chi connectivity index (χ0v) is 17.7. The first-order valence-corrected chi connectivity index (χ1v) is 11.9. The Morgan fingerprint density at radius 2 is 1.77 bits per heavy atom. The van der Waals surface area contributed by atoms with Crippen molar-refractivity contribution in [3.63, 3.8) is 0 Å². The summed E-state index contributed by atoms with van der Waals surface area (Å²) < 4.78 is 52.6. The van der Waals surface area contributed by atoms with Gasteiger partial charge in [-0.05, 0) is 25.0 Å². The fourth-order valence-corrected chi connectivity index (χ4v) is 5.60. The number of rotatable bonds is 5. The van der Waals surface area contributed by atoms with Gasteiger partial charge in [0.1, 0.15) is 12.1 Å². The van der Waals surface area contributed by atoms with Crippen LogP contribution in [0.1, 0.15) is 37.5 Å². The van der Waals surface area contributed by atoms with Gasteiger partial charge in [0.05, 0.1) is 11.3 Å². The lowest BCUT2D eigenvalue weighted by molar-refractivity contribution is 0.360. The van der Waals surface area contributed by atoms with E-state index in [1.807, 2.05) is 4.90 Å². The molecule has 1 saturated carbocycles. The zero-order valence-electron chi connectivity index (χ0n) is 16.9. The minimum Gasteiger partial charge on any atom is -0.451 e. The first-order valence-electron chi connectivity index (χ1n) is 10.4. The number of benzene rings is 1. The molecule has 1 saturated heterocycles. The van der Waals surface area contributed by atoms with E-state index in [1.165, 1.54) is 22.7 Å². The van der Waals surface area contributed by atoms with Gasteiger partial charge in [0, 0.05) is 38.2 Å². The van der Waals surface area contributed by atoms with Gasteiger partial charge in [-0.2, -0.15) is 4.31 Å². The molecular weight excluding hydrogens is 423 g/mol. The van der Waals surface area contributed by atoms with Crippen molar-refractivity contribution in [2.24, 2.45) is 0 Å². The van der Waals surface area contributed by atoms with E-state index >= 15 is 0 Å². The highest BCUT2D eigenvalue weighted by Crippen LogP contribution is 2.35. The standard InChI is InChI=1S/C21H23FN4O4S/c22-17-7-3-4-8-18(17)25-9-11-26(12-10-25)31(27,28)19-13-16(14-29-19)21-24-23-20(30-21)15-5-1-2-6-15/h3-4,7-8,13-15H,1-2,5-6,9-12H2. The molecule has 0 radical (unpaired) electrons. The Bertz CT molecular complexity index is 1160. The highest BCUT2D eigenvalue weighted by Gasteiger charge is 2.32. The largest absolute Gasteiger partial charge is 0.451 e. The number of halogens is 1. The average molecular weight is 447 g/mol. The van der Waals surface area contributed by atoms with Crippen molar-refractivity contribution in [2.75, 3.05) is 31.1 Å². The summed E-state index contributed by atoms with van der Waals surface area (Å²) in [7, 11) is -3.82. The van der Waals surface area contributed by atoms with Crippen molar-refractivity contribution < 1.29 is 21.6 Å². The maximum absolute atomic E-state index is 14.0. The van der Waals surface area contributed by atoms with Gasteiger partial charge in [-0.1, -0.05) is 25.0 Å². The molecule has 5 rings (SSSR count). The minimum absolute atomic E-state index is 0.164. The van der Waals surface area contributed by atoms with Crippen LogP contribution in [-0.2, 0) is 10.0 Å². The van der Waals surface area contributed by atoms with Gasteiger partial charge >= 0.3 is 0 Å². The molecule has 3 heterocycles. The molecular formula is C21H23FN4O4S. The van der Waals surface area contributed by atoms with Crippen LogP contribution in [-0.4, -0.2) is 49.1 Å². The Kier molecular flexibility index (Phi) is 5.27. The quantitative estimate of drug-likeness (QED) is 0.591. The van der Waals surface area contributed by atoms with Crippen LogP contribution in [0.2, 0.25) is 0 Å². The van der Waals surface area contributed by atoms with Gasteiger partial charge in [-0.25, -0.2) is 12.8 Å². The lowest BCUT2D eigenvalue weighted by Gasteiger charge is -2.34. The molecule has 2 aliphatic rings. The molecule has 1 aliphatic heterocycles. The van der Waals surface area contributed by atoms with Crippen molar-refractivity contribution in [3.05, 3.63) is 48.3 Å². The van der Waals surface area contributed by atoms with Crippen LogP contribution in [0.3, 0.4) is 0 Å². The van der Waals surface area contributed by atoms with Crippen LogP contribution in [0.5, 0.6) is 0 Å². The van der Waals surface area contributed by atoms with E-state index in [2.05, 4.69) is 10.2 Å². The Morgan fingerprint density at radius 1 is 1.03 bits per heavy atom. The summed E-state index contributed by atoms with van der Waals surface area (Å²) >= 11 is 0. The molecule has 0 bridgehead atoms. The summed E-state index contributed by atoms with van der Waals surface area (Å²) in [5.41, 5.74) is 0.926. The Labute approximate surface area is 179 Å². The van der Waals surface area contributed by atoms with Gasteiger partial charge in [-0.15, -0.1) is 10.2 Å². The topological polar surface area (TPSA) is 92.7 Å². The molecule has 10 heteroatoms. The highest BCUT2D eigenvalue weighted by atomic mass is 32.2. The van der Waals surface area contributed by atoms with Gasteiger partial charge in [0.15, 0.2) is 0 Å². The van der Waals surface area contributed by atoms with Crippen LogP contribution < -0.4 is 4.90 Å². The maximum Gasteiger partial charge on any atom is 0.276 e. The predicted octanol–water partition coefficient (Wildman–Crippen LogP) is 3.64. The lowest BCUT2D eigenvalue weighted by atomic mass is 10.1. The van der Waals surface area contributed by atoms with Crippen LogP contribution in [0, 0.1) is 5.82 Å². The van der Waals surface area contributed by atoms with E-state index in [0.717, 1.165) is 25.7 Å². The monoisotopic (exact) mass is 446 g/mol. The van der Waals surface area contributed by atoms with E-state index in [1.54, 1.807) is 18.2 Å². The van der Waals surface area contributed by atoms with E-state index in [0.29, 0.717) is 30.2 Å². The molecule has 2 fully saturated rings. The second-order valence-corrected chi connectivity index (χ2v) is 9.79. The molecule has 0 unspecified atom stereocenters. The molecule has 0 amide bonds. The Balaban J connectivity index is 1.29. The summed E-state index contributed by atoms with van der Waals surface area (Å²) in [6, 6.07) is 7.92. The van der Waals surface area contributed by atoms with Crippen LogP contribution >= 0.6 is 0 Å². The van der Waals surface area contributed by atoms with Crippen molar-refractivity contribution in [3.8, 4) is 11.5 Å². The van der Waals surface area contributed by atoms with Crippen molar-refractivity contribution in [1.29, 1.82) is 0 Å². The van der Waals surface area contributed by atoms with Gasteiger partial charge < -0.3 is 13.7 Å². The summed E-state index contributed by atoms with van der Waals surface area (Å²) in [6.45, 7) is 1.25. The molecule has 164 valence electrons. The second-order valence-electron chi connectivity index (χ2n) is 7.92. The summed E-state index contributed by atoms with van der Waals surface area (Å²) in [4.78, 5) is 1.85. The molecule has 0 N–H and O–H groups in total. The lowest BCUT2D eigenvalue weighted by Crippen LogP contribution is -2.48. The Hall–Kier alpha value is -2.72. The fraction of sp³-hybridized carbons (Fsp3) is 0.429. The van der Waals surface area contributed by atoms with Gasteiger partial charge in [0.2, 0.25) is 11.0 Å². The maximum atomic E-state index is 14.0. The summed E-state index contributed by atoms with van der Waals surface area (Å²) in [6.07, 6.45) is 5.70. The zero-order chi connectivity index (χ0) is 21.4. The number of aromatic nitrogens is 2. The number of furan rings is 1. The second kappa shape index (κ2) is 8.08. The number of hydrogen-bond acceptors (Lipinski definition) is 7. The van der Waals surface area contributed by atoms with Crippen molar-refractivity contribution in [1.82, 2.24) is 14.5 Å². The third kappa shape index (κ3) is 3.85. The predicted molar refractivity (Wildman–Crippen MR) is 111 cm³/mol. The van der Waals surface area contributed by atoms with E-state index < -0.39 is 10.0 Å². The number of nitrogens with zero attached hydrogens (tertiary/aromatic N) is 4. The molecule has 31 heavy (non-hydrogen) atoms. The fourth-order valence-electron chi connectivity index (χ4n) is 4.26. The third-order valence-electron chi connectivity index (χ3n) is 5.99. The number of anilines is 1. The van der Waals surface area contributed by atoms with Crippen LogP contribution in [0.25, 0.3) is 11.5 Å². The van der Waals surface area contributed by atoms with E-state index in [4.69, 9.17) is 8.83 Å². The van der Waals surface area contributed by atoms with Crippen LogP contribution in [0.15, 0.2) is 50.5 Å². The summed E-state index contributed by atoms with van der Waals surface area (Å²) in [5, 5.41) is 8.02. The van der Waals surface area contributed by atoms with E-state index in [-0.39, 0.29) is 35.8 Å². The first-order chi connectivity index (χ1) is 15.0. The Morgan fingerprint density at radius 3 is 2.52 bits per heavy atom. The first kappa shape index (κ1) is 20.2. The normalized spacial score (nSPS) is 18.7. The van der Waals surface area contributed by atoms with Crippen molar-refractivity contribution >= 4 is 15.7 Å². The molecule has 1 aliphatic carbocycles. The van der Waals surface area contributed by atoms with Gasteiger partial charge in [0.25, 0.3) is 15.9 Å². The number of hydrogen-bond donors (Lipinski definition) is 0. The smallest absolute Gasteiger partial charge is 0.276 e. The molecule has 8 nitrogen and oxygen atoms in total. The average Bonchev–Trinajstić information content (AvgIpc) is 3.55. The number of piperazine rings is 1. The minimum atomic E-state index is -3.82. The highest BCUT2D eigenvalue weighted by molar-refractivity contribution is 7.89. The summed E-state index contributed by atoms with van der Waals surface area (Å²) in [5.74, 6) is 0.826.